The number of halogens is 1. The van der Waals surface area contributed by atoms with Gasteiger partial charge in [-0.05, 0) is 20.3 Å². The van der Waals surface area contributed by atoms with E-state index in [9.17, 15) is 4.79 Å². The third kappa shape index (κ3) is 4.40. The molecule has 0 aromatic rings. The van der Waals surface area contributed by atoms with Gasteiger partial charge in [-0.1, -0.05) is 36.4 Å². The van der Waals surface area contributed by atoms with Crippen molar-refractivity contribution >= 4 is 28.4 Å². The Hall–Kier alpha value is 0.360. The Morgan fingerprint density at radius 1 is 1.42 bits per heavy atom. The molecule has 3 heteroatoms. The van der Waals surface area contributed by atoms with E-state index in [-0.39, 0.29) is 9.97 Å². The van der Waals surface area contributed by atoms with Gasteiger partial charge in [-0.25, -0.2) is 0 Å². The molecule has 0 aliphatic heterocycles. The lowest BCUT2D eigenvalue weighted by atomic mass is 10.0. The van der Waals surface area contributed by atoms with Crippen molar-refractivity contribution in [2.75, 3.05) is 0 Å². The summed E-state index contributed by atoms with van der Waals surface area (Å²) in [5.74, 6) is 0.491. The monoisotopic (exact) mass is 283 g/mol. The molecule has 0 saturated carbocycles. The van der Waals surface area contributed by atoms with Crippen LogP contribution in [0.3, 0.4) is 0 Å². The molecule has 12 heavy (non-hydrogen) atoms. The quantitative estimate of drug-likeness (QED) is 0.477. The van der Waals surface area contributed by atoms with Crippen LogP contribution in [0.2, 0.25) is 0 Å². The average Bonchev–Trinajstić information content (AvgIpc) is 2.00. The van der Waals surface area contributed by atoms with Crippen LogP contribution < -0.4 is 5.32 Å². The largest absolute Gasteiger partial charge is 0.297 e. The smallest absolute Gasteiger partial charge is 0.162 e. The summed E-state index contributed by atoms with van der Waals surface area (Å²) < 4.78 is -0.0300. The van der Waals surface area contributed by atoms with Gasteiger partial charge in [0.25, 0.3) is 0 Å². The van der Waals surface area contributed by atoms with Gasteiger partial charge in [0.2, 0.25) is 0 Å². The minimum Gasteiger partial charge on any atom is -0.297 e. The Labute approximate surface area is 88.6 Å². The van der Waals surface area contributed by atoms with Crippen LogP contribution in [0.4, 0.5) is 0 Å². The van der Waals surface area contributed by atoms with E-state index in [1.807, 2.05) is 13.8 Å². The van der Waals surface area contributed by atoms with Crippen LogP contribution >= 0.6 is 22.6 Å². The first-order valence-electron chi connectivity index (χ1n) is 4.42. The van der Waals surface area contributed by atoms with Crippen molar-refractivity contribution in [2.45, 2.75) is 44.2 Å². The number of rotatable bonds is 5. The van der Waals surface area contributed by atoms with Gasteiger partial charge in [0, 0.05) is 12.0 Å². The highest BCUT2D eigenvalue weighted by Gasteiger charge is 2.19. The Morgan fingerprint density at radius 2 is 1.92 bits per heavy atom. The highest BCUT2D eigenvalue weighted by Crippen LogP contribution is 2.10. The summed E-state index contributed by atoms with van der Waals surface area (Å²) in [7, 11) is 0. The number of alkyl halides is 1. The molecule has 2 atom stereocenters. The van der Waals surface area contributed by atoms with Crippen LogP contribution in [-0.4, -0.2) is 15.9 Å². The molecule has 2 nitrogen and oxygen atoms in total. The van der Waals surface area contributed by atoms with Crippen LogP contribution in [0, 0.1) is 5.92 Å². The molecule has 0 aromatic carbocycles. The second kappa shape index (κ2) is 5.91. The Kier molecular flexibility index (Phi) is 6.09. The van der Waals surface area contributed by atoms with Gasteiger partial charge in [-0.15, -0.1) is 0 Å². The predicted octanol–water partition coefficient (Wildman–Crippen LogP) is 2.36. The summed E-state index contributed by atoms with van der Waals surface area (Å²) in [4.78, 5) is 11.5. The van der Waals surface area contributed by atoms with Crippen LogP contribution in [0.15, 0.2) is 0 Å². The third-order valence-corrected chi connectivity index (χ3v) is 2.80. The van der Waals surface area contributed by atoms with Gasteiger partial charge < -0.3 is 0 Å². The van der Waals surface area contributed by atoms with Crippen LogP contribution in [0.25, 0.3) is 0 Å². The number of nitrogens with one attached hydrogen (secondary N) is 1. The van der Waals surface area contributed by atoms with Crippen LogP contribution in [-0.2, 0) is 4.79 Å². The minimum atomic E-state index is -0.0300. The van der Waals surface area contributed by atoms with Gasteiger partial charge >= 0.3 is 0 Å². The molecule has 1 N–H and O–H groups in total. The summed E-state index contributed by atoms with van der Waals surface area (Å²) in [6.07, 6.45) is 0.929. The van der Waals surface area contributed by atoms with E-state index in [4.69, 9.17) is 0 Å². The van der Waals surface area contributed by atoms with E-state index >= 15 is 0 Å². The number of Topliss-reactive ketones (excluding diaryl/α,β-unsaturated/α-hetero) is 1. The van der Waals surface area contributed by atoms with E-state index in [1.165, 1.54) is 0 Å². The Balaban J connectivity index is 3.92. The van der Waals surface area contributed by atoms with Crippen molar-refractivity contribution in [1.29, 1.82) is 0 Å². The minimum absolute atomic E-state index is 0.0300. The van der Waals surface area contributed by atoms with E-state index in [2.05, 4.69) is 41.8 Å². The number of hydrogen-bond donors (Lipinski definition) is 1. The molecule has 0 aliphatic rings. The molecule has 0 spiro atoms. The van der Waals surface area contributed by atoms with Crippen molar-refractivity contribution in [1.82, 2.24) is 5.32 Å². The van der Waals surface area contributed by atoms with Gasteiger partial charge in [-0.3, -0.25) is 10.1 Å². The van der Waals surface area contributed by atoms with E-state index < -0.39 is 0 Å². The van der Waals surface area contributed by atoms with Crippen molar-refractivity contribution in [3.8, 4) is 0 Å². The number of carbonyl (C=O) groups excluding carboxylic acids is 1. The van der Waals surface area contributed by atoms with Crippen molar-refractivity contribution in [2.24, 2.45) is 5.92 Å². The molecular formula is C9H18INO. The van der Waals surface area contributed by atoms with Gasteiger partial charge in [0.1, 0.15) is 4.05 Å². The summed E-state index contributed by atoms with van der Waals surface area (Å²) in [5, 5.41) is 3.19. The zero-order valence-electron chi connectivity index (χ0n) is 8.23. The van der Waals surface area contributed by atoms with Crippen molar-refractivity contribution < 1.29 is 4.79 Å². The molecule has 0 heterocycles. The second-order valence-corrected chi connectivity index (χ2v) is 4.64. The third-order valence-electron chi connectivity index (χ3n) is 1.83. The first kappa shape index (κ1) is 12.4. The molecule has 72 valence electrons. The summed E-state index contributed by atoms with van der Waals surface area (Å²) in [5.41, 5.74) is 0. The average molecular weight is 283 g/mol. The topological polar surface area (TPSA) is 29.1 Å². The zero-order chi connectivity index (χ0) is 9.72. The molecule has 0 rings (SSSR count). The predicted molar refractivity (Wildman–Crippen MR) is 60.5 cm³/mol. The van der Waals surface area contributed by atoms with E-state index in [0.29, 0.717) is 11.8 Å². The lowest BCUT2D eigenvalue weighted by Gasteiger charge is -2.17. The Bertz CT molecular complexity index is 147. The maximum atomic E-state index is 11.5. The highest BCUT2D eigenvalue weighted by molar-refractivity contribution is 14.1. The fourth-order valence-electron chi connectivity index (χ4n) is 0.826. The lowest BCUT2D eigenvalue weighted by Crippen LogP contribution is -2.38. The fraction of sp³-hybridized carbons (Fsp3) is 0.889. The van der Waals surface area contributed by atoms with E-state index in [0.717, 1.165) is 6.42 Å². The number of carbonyl (C=O) groups is 1. The fourth-order valence-corrected chi connectivity index (χ4v) is 2.16. The SMILES string of the molecule is CCC(C)C(=O)C(I)NC(C)C. The zero-order valence-corrected chi connectivity index (χ0v) is 10.4. The molecule has 0 radical (unpaired) electrons. The van der Waals surface area contributed by atoms with E-state index in [1.54, 1.807) is 0 Å². The number of hydrogen-bond acceptors (Lipinski definition) is 2. The maximum Gasteiger partial charge on any atom is 0.162 e. The van der Waals surface area contributed by atoms with Crippen LogP contribution in [0.5, 0.6) is 0 Å². The molecule has 2 unspecified atom stereocenters. The van der Waals surface area contributed by atoms with Gasteiger partial charge in [0.05, 0.1) is 0 Å². The summed E-state index contributed by atoms with van der Waals surface area (Å²) in [6, 6.07) is 0.375. The normalized spacial score (nSPS) is 16.2. The Morgan fingerprint density at radius 3 is 2.25 bits per heavy atom. The molecule has 0 fully saturated rings. The highest BCUT2D eigenvalue weighted by atomic mass is 127. The molecule has 0 amide bonds. The molecule has 0 aliphatic carbocycles. The molecule has 0 aromatic heterocycles. The standard InChI is InChI=1S/C9H18INO/c1-5-7(4)8(12)9(10)11-6(2)3/h6-7,9,11H,5H2,1-4H3. The maximum absolute atomic E-state index is 11.5. The second-order valence-electron chi connectivity index (χ2n) is 3.40. The first-order valence-corrected chi connectivity index (χ1v) is 5.67. The van der Waals surface area contributed by atoms with Crippen LogP contribution in [0.1, 0.15) is 34.1 Å². The van der Waals surface area contributed by atoms with Crippen molar-refractivity contribution in [3.05, 3.63) is 0 Å². The summed E-state index contributed by atoms with van der Waals surface area (Å²) in [6.45, 7) is 8.13. The lowest BCUT2D eigenvalue weighted by molar-refractivity contribution is -0.122. The molecule has 0 bridgehead atoms. The summed E-state index contributed by atoms with van der Waals surface area (Å²) >= 11 is 2.16. The van der Waals surface area contributed by atoms with Gasteiger partial charge in [-0.2, -0.15) is 0 Å². The molecule has 0 saturated heterocycles. The molecular weight excluding hydrogens is 265 g/mol. The first-order chi connectivity index (χ1) is 5.49. The van der Waals surface area contributed by atoms with Crippen molar-refractivity contribution in [3.63, 3.8) is 0 Å². The van der Waals surface area contributed by atoms with Gasteiger partial charge in [0.15, 0.2) is 5.78 Å². The number of ketones is 1.